The maximum Gasteiger partial charge on any atom is 0.513 e. The molecule has 0 aliphatic carbocycles. The zero-order valence-electron chi connectivity index (χ0n) is 13.8. The summed E-state index contributed by atoms with van der Waals surface area (Å²) >= 11 is 0. The Balaban J connectivity index is 1.95. The Morgan fingerprint density at radius 2 is 1.74 bits per heavy atom. The summed E-state index contributed by atoms with van der Waals surface area (Å²) in [7, 11) is 0. The lowest BCUT2D eigenvalue weighted by Crippen LogP contribution is -2.14. The number of anilines is 2. The van der Waals surface area contributed by atoms with Gasteiger partial charge in [0.15, 0.2) is 0 Å². The molecule has 23 heavy (non-hydrogen) atoms. The molecule has 0 unspecified atom stereocenters. The van der Waals surface area contributed by atoms with Crippen LogP contribution in [0, 0.1) is 19.8 Å². The summed E-state index contributed by atoms with van der Waals surface area (Å²) in [5.74, 6) is 1.23. The topological polar surface area (TPSA) is 73.3 Å². The first-order chi connectivity index (χ1) is 10.9. The smallest absolute Gasteiger partial charge is 0.434 e. The van der Waals surface area contributed by atoms with Crippen molar-refractivity contribution in [2.24, 2.45) is 5.92 Å². The van der Waals surface area contributed by atoms with E-state index in [1.807, 2.05) is 33.8 Å². The Kier molecular flexibility index (Phi) is 5.51. The maximum absolute atomic E-state index is 11.5. The van der Waals surface area contributed by atoms with Gasteiger partial charge in [0.05, 0.1) is 6.61 Å². The predicted molar refractivity (Wildman–Crippen MR) is 88.0 cm³/mol. The van der Waals surface area contributed by atoms with Crippen LogP contribution in [-0.4, -0.2) is 22.7 Å². The van der Waals surface area contributed by atoms with Crippen LogP contribution in [0.4, 0.5) is 16.4 Å². The molecule has 0 spiro atoms. The summed E-state index contributed by atoms with van der Waals surface area (Å²) in [6, 6.07) is 8.84. The summed E-state index contributed by atoms with van der Waals surface area (Å²) < 4.78 is 10.1. The van der Waals surface area contributed by atoms with E-state index in [4.69, 9.17) is 9.47 Å². The zero-order chi connectivity index (χ0) is 16.8. The Bertz CT molecular complexity index is 649. The molecular weight excluding hydrogens is 294 g/mol. The second kappa shape index (κ2) is 7.58. The van der Waals surface area contributed by atoms with E-state index in [1.54, 1.807) is 24.3 Å². The number of carbonyl (C=O) groups excluding carboxylic acids is 1. The summed E-state index contributed by atoms with van der Waals surface area (Å²) in [6.45, 7) is 8.09. The predicted octanol–water partition coefficient (Wildman–Crippen LogP) is 4.01. The lowest BCUT2D eigenvalue weighted by atomic mass is 10.2. The molecular formula is C17H21N3O3. The molecule has 0 bridgehead atoms. The van der Waals surface area contributed by atoms with Gasteiger partial charge in [0.2, 0.25) is 5.95 Å². The summed E-state index contributed by atoms with van der Waals surface area (Å²) in [5, 5.41) is 3.11. The van der Waals surface area contributed by atoms with Gasteiger partial charge in [-0.2, -0.15) is 0 Å². The van der Waals surface area contributed by atoms with E-state index in [2.05, 4.69) is 15.3 Å². The van der Waals surface area contributed by atoms with Crippen molar-refractivity contribution < 1.29 is 14.3 Å². The highest BCUT2D eigenvalue weighted by Gasteiger charge is 2.07. The molecule has 2 aromatic rings. The van der Waals surface area contributed by atoms with Gasteiger partial charge in [-0.1, -0.05) is 13.8 Å². The number of nitrogens with one attached hydrogen (secondary N) is 1. The first-order valence-electron chi connectivity index (χ1n) is 7.46. The van der Waals surface area contributed by atoms with Crippen molar-refractivity contribution in [1.29, 1.82) is 0 Å². The molecule has 0 aliphatic rings. The monoisotopic (exact) mass is 315 g/mol. The lowest BCUT2D eigenvalue weighted by molar-refractivity contribution is 0.0886. The molecule has 2 rings (SSSR count). The third-order valence-electron chi connectivity index (χ3n) is 2.83. The first kappa shape index (κ1) is 16.7. The van der Waals surface area contributed by atoms with Crippen LogP contribution in [-0.2, 0) is 4.74 Å². The average Bonchev–Trinajstić information content (AvgIpc) is 2.46. The van der Waals surface area contributed by atoms with Crippen LogP contribution < -0.4 is 10.1 Å². The SMILES string of the molecule is Cc1cc(C)nc(Nc2ccc(OC(=O)OCC(C)C)cc2)n1. The van der Waals surface area contributed by atoms with Crippen LogP contribution in [0.15, 0.2) is 30.3 Å². The highest BCUT2D eigenvalue weighted by Crippen LogP contribution is 2.19. The van der Waals surface area contributed by atoms with Gasteiger partial charge in [0.25, 0.3) is 0 Å². The Morgan fingerprint density at radius 3 is 2.30 bits per heavy atom. The molecule has 0 amide bonds. The lowest BCUT2D eigenvalue weighted by Gasteiger charge is -2.09. The molecule has 6 nitrogen and oxygen atoms in total. The van der Waals surface area contributed by atoms with Gasteiger partial charge in [0.1, 0.15) is 5.75 Å². The molecule has 0 aliphatic heterocycles. The van der Waals surface area contributed by atoms with E-state index in [-0.39, 0.29) is 5.92 Å². The van der Waals surface area contributed by atoms with Crippen molar-refractivity contribution in [2.45, 2.75) is 27.7 Å². The zero-order valence-corrected chi connectivity index (χ0v) is 13.8. The van der Waals surface area contributed by atoms with Gasteiger partial charge < -0.3 is 14.8 Å². The summed E-state index contributed by atoms with van der Waals surface area (Å²) in [4.78, 5) is 20.1. The van der Waals surface area contributed by atoms with Crippen molar-refractivity contribution in [3.05, 3.63) is 41.7 Å². The highest BCUT2D eigenvalue weighted by atomic mass is 16.7. The summed E-state index contributed by atoms with van der Waals surface area (Å²) in [5.41, 5.74) is 2.60. The minimum Gasteiger partial charge on any atom is -0.434 e. The third-order valence-corrected chi connectivity index (χ3v) is 2.83. The van der Waals surface area contributed by atoms with Gasteiger partial charge in [-0.05, 0) is 50.1 Å². The minimum atomic E-state index is -0.697. The van der Waals surface area contributed by atoms with E-state index < -0.39 is 6.16 Å². The van der Waals surface area contributed by atoms with Crippen molar-refractivity contribution in [2.75, 3.05) is 11.9 Å². The Hall–Kier alpha value is -2.63. The summed E-state index contributed by atoms with van der Waals surface area (Å²) in [6.07, 6.45) is -0.697. The molecule has 0 saturated heterocycles. The second-order valence-electron chi connectivity index (χ2n) is 5.68. The van der Waals surface area contributed by atoms with Crippen molar-refractivity contribution in [1.82, 2.24) is 9.97 Å². The number of hydrogen-bond acceptors (Lipinski definition) is 6. The van der Waals surface area contributed by atoms with Crippen LogP contribution in [0.3, 0.4) is 0 Å². The van der Waals surface area contributed by atoms with Crippen LogP contribution in [0.1, 0.15) is 25.2 Å². The fourth-order valence-electron chi connectivity index (χ4n) is 1.88. The van der Waals surface area contributed by atoms with E-state index in [9.17, 15) is 4.79 Å². The molecule has 1 aromatic carbocycles. The van der Waals surface area contributed by atoms with Gasteiger partial charge in [0, 0.05) is 17.1 Å². The van der Waals surface area contributed by atoms with Crippen LogP contribution in [0.2, 0.25) is 0 Å². The fraction of sp³-hybridized carbons (Fsp3) is 0.353. The molecule has 122 valence electrons. The number of nitrogens with zero attached hydrogens (tertiary/aromatic N) is 2. The molecule has 0 atom stereocenters. The molecule has 0 fully saturated rings. The van der Waals surface area contributed by atoms with E-state index in [0.717, 1.165) is 17.1 Å². The standard InChI is InChI=1S/C17H21N3O3/c1-11(2)10-22-17(21)23-15-7-5-14(6-8-15)20-16-18-12(3)9-13(4)19-16/h5-9,11H,10H2,1-4H3,(H,18,19,20). The van der Waals surface area contributed by atoms with E-state index in [0.29, 0.717) is 18.3 Å². The number of carbonyl (C=O) groups is 1. The molecule has 0 radical (unpaired) electrons. The molecule has 1 N–H and O–H groups in total. The van der Waals surface area contributed by atoms with Crippen LogP contribution in [0.25, 0.3) is 0 Å². The third kappa shape index (κ3) is 5.58. The van der Waals surface area contributed by atoms with Crippen molar-refractivity contribution in [3.8, 4) is 5.75 Å². The van der Waals surface area contributed by atoms with E-state index in [1.165, 1.54) is 0 Å². The minimum absolute atomic E-state index is 0.270. The van der Waals surface area contributed by atoms with Gasteiger partial charge >= 0.3 is 6.16 Å². The van der Waals surface area contributed by atoms with Gasteiger partial charge in [-0.15, -0.1) is 0 Å². The highest BCUT2D eigenvalue weighted by molar-refractivity contribution is 5.64. The number of rotatable bonds is 5. The largest absolute Gasteiger partial charge is 0.513 e. The second-order valence-corrected chi connectivity index (χ2v) is 5.68. The fourth-order valence-corrected chi connectivity index (χ4v) is 1.88. The van der Waals surface area contributed by atoms with Gasteiger partial charge in [-0.3, -0.25) is 0 Å². The van der Waals surface area contributed by atoms with E-state index >= 15 is 0 Å². The molecule has 0 saturated carbocycles. The quantitative estimate of drug-likeness (QED) is 0.664. The number of hydrogen-bond donors (Lipinski definition) is 1. The molecule has 6 heteroatoms. The normalized spacial score (nSPS) is 10.5. The molecule has 1 aromatic heterocycles. The van der Waals surface area contributed by atoms with Crippen molar-refractivity contribution >= 4 is 17.8 Å². The Morgan fingerprint density at radius 1 is 1.13 bits per heavy atom. The van der Waals surface area contributed by atoms with Crippen LogP contribution >= 0.6 is 0 Å². The van der Waals surface area contributed by atoms with Crippen molar-refractivity contribution in [3.63, 3.8) is 0 Å². The number of benzene rings is 1. The average molecular weight is 315 g/mol. The van der Waals surface area contributed by atoms with Gasteiger partial charge in [-0.25, -0.2) is 14.8 Å². The Labute approximate surface area is 135 Å². The maximum atomic E-state index is 11.5. The first-order valence-corrected chi connectivity index (χ1v) is 7.46. The number of aromatic nitrogens is 2. The molecule has 1 heterocycles. The van der Waals surface area contributed by atoms with Crippen LogP contribution in [0.5, 0.6) is 5.75 Å². The number of aryl methyl sites for hydroxylation is 2. The number of ether oxygens (including phenoxy) is 2.